The Balaban J connectivity index is 0.000000845. The number of hydrogen-bond acceptors (Lipinski definition) is 3. The minimum absolute atomic E-state index is 0. The molecular formula is C9H11ClO3. The largest absolute Gasteiger partial charge is 0.431 e. The predicted molar refractivity (Wildman–Crippen MR) is 48.4 cm³/mol. The summed E-state index contributed by atoms with van der Waals surface area (Å²) >= 11 is 0. The van der Waals surface area contributed by atoms with Crippen LogP contribution in [-0.2, 0) is 14.3 Å². The lowest BCUT2D eigenvalue weighted by Gasteiger charge is -2.26. The second kappa shape index (κ2) is 3.92. The molecule has 72 valence electrons. The van der Waals surface area contributed by atoms with Crippen LogP contribution in [-0.4, -0.2) is 11.8 Å². The minimum atomic E-state index is -0.202. The Morgan fingerprint density at radius 2 is 2.08 bits per heavy atom. The first kappa shape index (κ1) is 10.3. The maximum absolute atomic E-state index is 11.3. The van der Waals surface area contributed by atoms with Gasteiger partial charge in [-0.15, -0.1) is 12.4 Å². The zero-order valence-corrected chi connectivity index (χ0v) is 7.93. The molecule has 0 saturated carbocycles. The van der Waals surface area contributed by atoms with Gasteiger partial charge in [0.2, 0.25) is 0 Å². The smallest absolute Gasteiger partial charge is 0.310 e. The molecule has 0 amide bonds. The van der Waals surface area contributed by atoms with Crippen molar-refractivity contribution in [2.45, 2.75) is 25.7 Å². The van der Waals surface area contributed by atoms with E-state index in [9.17, 15) is 9.59 Å². The van der Waals surface area contributed by atoms with Crippen LogP contribution in [0.3, 0.4) is 0 Å². The molecule has 1 aliphatic carbocycles. The standard InChI is InChI=1S/C9H10O3.ClH/c10-7-2-1-3-8-6(7)4-5-9(11)12-8;/h3,6H,1-2,4-5H2;1H. The molecule has 0 N–H and O–H groups in total. The highest BCUT2D eigenvalue weighted by atomic mass is 35.5. The van der Waals surface area contributed by atoms with Gasteiger partial charge in [0, 0.05) is 12.8 Å². The molecule has 2 rings (SSSR count). The van der Waals surface area contributed by atoms with E-state index in [0.29, 0.717) is 25.0 Å². The van der Waals surface area contributed by atoms with Gasteiger partial charge in [0.1, 0.15) is 11.5 Å². The number of Topliss-reactive ketones (excluding diaryl/α,β-unsaturated/α-hetero) is 1. The van der Waals surface area contributed by atoms with Crippen molar-refractivity contribution in [2.24, 2.45) is 5.92 Å². The first-order valence-electron chi connectivity index (χ1n) is 4.21. The summed E-state index contributed by atoms with van der Waals surface area (Å²) in [6.07, 6.45) is 4.21. The van der Waals surface area contributed by atoms with Gasteiger partial charge in [-0.1, -0.05) is 0 Å². The molecule has 13 heavy (non-hydrogen) atoms. The van der Waals surface area contributed by atoms with E-state index in [1.165, 1.54) is 0 Å². The summed E-state index contributed by atoms with van der Waals surface area (Å²) in [5, 5.41) is 0. The lowest BCUT2D eigenvalue weighted by molar-refractivity contribution is -0.145. The minimum Gasteiger partial charge on any atom is -0.431 e. The van der Waals surface area contributed by atoms with Crippen LogP contribution in [0.5, 0.6) is 0 Å². The molecule has 1 fully saturated rings. The SMILES string of the molecule is Cl.O=C1CCC2C(=O)CCC=C2O1. The van der Waals surface area contributed by atoms with Crippen molar-refractivity contribution in [1.82, 2.24) is 0 Å². The first-order valence-corrected chi connectivity index (χ1v) is 4.21. The van der Waals surface area contributed by atoms with Gasteiger partial charge in [0.05, 0.1) is 5.92 Å². The fraction of sp³-hybridized carbons (Fsp3) is 0.556. The third kappa shape index (κ3) is 1.91. The number of hydrogen-bond donors (Lipinski definition) is 0. The number of esters is 1. The van der Waals surface area contributed by atoms with Gasteiger partial charge >= 0.3 is 5.97 Å². The van der Waals surface area contributed by atoms with Crippen molar-refractivity contribution >= 4 is 24.2 Å². The number of fused-ring (bicyclic) bond motifs is 1. The molecule has 1 heterocycles. The average Bonchev–Trinajstić information content (AvgIpc) is 2.04. The van der Waals surface area contributed by atoms with E-state index >= 15 is 0 Å². The van der Waals surface area contributed by atoms with Crippen molar-refractivity contribution in [1.29, 1.82) is 0 Å². The van der Waals surface area contributed by atoms with Crippen molar-refractivity contribution in [3.63, 3.8) is 0 Å². The van der Waals surface area contributed by atoms with Crippen LogP contribution >= 0.6 is 12.4 Å². The Morgan fingerprint density at radius 3 is 2.85 bits per heavy atom. The molecule has 0 aromatic rings. The lowest BCUT2D eigenvalue weighted by Crippen LogP contribution is -2.28. The molecule has 0 aromatic heterocycles. The monoisotopic (exact) mass is 202 g/mol. The zero-order valence-electron chi connectivity index (χ0n) is 7.12. The highest BCUT2D eigenvalue weighted by Gasteiger charge is 2.32. The molecule has 1 unspecified atom stereocenters. The third-order valence-electron chi connectivity index (χ3n) is 2.34. The molecule has 0 radical (unpaired) electrons. The molecular weight excluding hydrogens is 192 g/mol. The highest BCUT2D eigenvalue weighted by molar-refractivity contribution is 5.87. The van der Waals surface area contributed by atoms with E-state index in [0.717, 1.165) is 6.42 Å². The Labute approximate surface area is 82.5 Å². The normalized spacial score (nSPS) is 26.8. The van der Waals surface area contributed by atoms with Crippen molar-refractivity contribution < 1.29 is 14.3 Å². The van der Waals surface area contributed by atoms with Gasteiger partial charge < -0.3 is 4.74 Å². The predicted octanol–water partition coefficient (Wildman–Crippen LogP) is 1.61. The third-order valence-corrected chi connectivity index (χ3v) is 2.34. The molecule has 2 aliphatic rings. The maximum atomic E-state index is 11.3. The average molecular weight is 203 g/mol. The van der Waals surface area contributed by atoms with Gasteiger partial charge in [-0.2, -0.15) is 0 Å². The quantitative estimate of drug-likeness (QED) is 0.561. The summed E-state index contributed by atoms with van der Waals surface area (Å²) in [5.41, 5.74) is 0. The number of ether oxygens (including phenoxy) is 1. The van der Waals surface area contributed by atoms with Crippen LogP contribution in [0, 0.1) is 5.92 Å². The summed E-state index contributed by atoms with van der Waals surface area (Å²) in [5.74, 6) is 0.506. The number of halogens is 1. The van der Waals surface area contributed by atoms with E-state index < -0.39 is 0 Å². The molecule has 3 nitrogen and oxygen atoms in total. The van der Waals surface area contributed by atoms with Crippen LogP contribution in [0.1, 0.15) is 25.7 Å². The van der Waals surface area contributed by atoms with Crippen molar-refractivity contribution in [3.8, 4) is 0 Å². The molecule has 4 heteroatoms. The van der Waals surface area contributed by atoms with E-state index in [2.05, 4.69) is 0 Å². The zero-order chi connectivity index (χ0) is 8.55. The van der Waals surface area contributed by atoms with Crippen LogP contribution in [0.4, 0.5) is 0 Å². The summed E-state index contributed by atoms with van der Waals surface area (Å²) in [4.78, 5) is 22.2. The van der Waals surface area contributed by atoms with Crippen molar-refractivity contribution in [3.05, 3.63) is 11.8 Å². The first-order chi connectivity index (χ1) is 5.77. The number of allylic oxidation sites excluding steroid dienone is 2. The van der Waals surface area contributed by atoms with Crippen LogP contribution in [0.2, 0.25) is 0 Å². The molecule has 0 bridgehead atoms. The van der Waals surface area contributed by atoms with Crippen LogP contribution < -0.4 is 0 Å². The number of rotatable bonds is 0. The second-order valence-corrected chi connectivity index (χ2v) is 3.18. The van der Waals surface area contributed by atoms with E-state index in [1.54, 1.807) is 0 Å². The van der Waals surface area contributed by atoms with E-state index in [-0.39, 0.29) is 30.1 Å². The molecule has 0 aromatic carbocycles. The van der Waals surface area contributed by atoms with Gasteiger partial charge in [-0.05, 0) is 18.9 Å². The topological polar surface area (TPSA) is 43.4 Å². The molecule has 1 atom stereocenters. The summed E-state index contributed by atoms with van der Waals surface area (Å²) < 4.78 is 4.96. The molecule has 0 spiro atoms. The number of carbonyl (C=O) groups is 2. The number of ketones is 1. The Bertz CT molecular complexity index is 270. The summed E-state index contributed by atoms with van der Waals surface area (Å²) in [6.45, 7) is 0. The van der Waals surface area contributed by atoms with Crippen LogP contribution in [0.15, 0.2) is 11.8 Å². The van der Waals surface area contributed by atoms with Gasteiger partial charge in [0.25, 0.3) is 0 Å². The molecule has 1 aliphatic heterocycles. The maximum Gasteiger partial charge on any atom is 0.310 e. The van der Waals surface area contributed by atoms with E-state index in [1.807, 2.05) is 6.08 Å². The van der Waals surface area contributed by atoms with E-state index in [4.69, 9.17) is 4.74 Å². The second-order valence-electron chi connectivity index (χ2n) is 3.18. The lowest BCUT2D eigenvalue weighted by atomic mass is 9.87. The fourth-order valence-corrected chi connectivity index (χ4v) is 1.69. The Kier molecular flexibility index (Phi) is 3.09. The van der Waals surface area contributed by atoms with Gasteiger partial charge in [-0.25, -0.2) is 0 Å². The van der Waals surface area contributed by atoms with Gasteiger partial charge in [0.15, 0.2) is 0 Å². The molecule has 1 saturated heterocycles. The summed E-state index contributed by atoms with van der Waals surface area (Å²) in [6, 6.07) is 0. The van der Waals surface area contributed by atoms with Gasteiger partial charge in [-0.3, -0.25) is 9.59 Å². The van der Waals surface area contributed by atoms with Crippen molar-refractivity contribution in [2.75, 3.05) is 0 Å². The number of carbonyl (C=O) groups excluding carboxylic acids is 2. The Morgan fingerprint density at radius 1 is 1.31 bits per heavy atom. The summed E-state index contributed by atoms with van der Waals surface area (Å²) in [7, 11) is 0. The van der Waals surface area contributed by atoms with Crippen LogP contribution in [0.25, 0.3) is 0 Å². The fourth-order valence-electron chi connectivity index (χ4n) is 1.69. The Hall–Kier alpha value is -0.830. The highest BCUT2D eigenvalue weighted by Crippen LogP contribution is 2.30.